The first kappa shape index (κ1) is 27.4. The van der Waals surface area contributed by atoms with E-state index in [4.69, 9.17) is 0 Å². The zero-order valence-electron chi connectivity index (χ0n) is 21.0. The Balaban J connectivity index is 2.48. The van der Waals surface area contributed by atoms with E-state index in [1.165, 1.54) is 4.90 Å². The fraction of sp³-hybridized carbons (Fsp3) is 0.462. The fourth-order valence-electron chi connectivity index (χ4n) is 3.96. The maximum Gasteiger partial charge on any atom is 0.244 e. The number of sulfonamides is 1. The van der Waals surface area contributed by atoms with Crippen molar-refractivity contribution in [3.8, 4) is 0 Å². The summed E-state index contributed by atoms with van der Waals surface area (Å²) in [6.07, 6.45) is 2.12. The van der Waals surface area contributed by atoms with E-state index >= 15 is 0 Å². The lowest BCUT2D eigenvalue weighted by Gasteiger charge is -2.33. The van der Waals surface area contributed by atoms with Crippen molar-refractivity contribution in [1.29, 1.82) is 0 Å². The Labute approximate surface area is 204 Å². The quantitative estimate of drug-likeness (QED) is 0.524. The van der Waals surface area contributed by atoms with Crippen LogP contribution in [0.2, 0.25) is 0 Å². The van der Waals surface area contributed by atoms with Crippen LogP contribution >= 0.6 is 0 Å². The molecule has 7 nitrogen and oxygen atoms in total. The summed E-state index contributed by atoms with van der Waals surface area (Å²) < 4.78 is 26.7. The highest BCUT2D eigenvalue weighted by atomic mass is 32.2. The number of nitrogens with zero attached hydrogens (tertiary/aromatic N) is 2. The lowest BCUT2D eigenvalue weighted by Crippen LogP contribution is -2.53. The molecule has 2 aromatic carbocycles. The normalized spacial score (nSPS) is 12.3. The van der Waals surface area contributed by atoms with E-state index in [1.54, 1.807) is 12.1 Å². The van der Waals surface area contributed by atoms with Gasteiger partial charge in [-0.1, -0.05) is 61.9 Å². The molecule has 1 atom stereocenters. The minimum absolute atomic E-state index is 0.0820. The maximum atomic E-state index is 13.7. The lowest BCUT2D eigenvalue weighted by molar-refractivity contribution is -0.140. The molecule has 2 rings (SSSR count). The van der Waals surface area contributed by atoms with Crippen LogP contribution in [-0.2, 0) is 32.6 Å². The third-order valence-corrected chi connectivity index (χ3v) is 6.70. The summed E-state index contributed by atoms with van der Waals surface area (Å²) in [4.78, 5) is 28.2. The van der Waals surface area contributed by atoms with E-state index in [0.717, 1.165) is 27.3 Å². The summed E-state index contributed by atoms with van der Waals surface area (Å²) in [5, 5.41) is 2.90. The highest BCUT2D eigenvalue weighted by Gasteiger charge is 2.32. The lowest BCUT2D eigenvalue weighted by atomic mass is 10.1. The Bertz CT molecular complexity index is 1100. The molecule has 0 spiro atoms. The number of para-hydroxylation sites is 1. The number of nitrogens with one attached hydrogen (secondary N) is 1. The molecule has 0 saturated carbocycles. The topological polar surface area (TPSA) is 86.8 Å². The molecule has 2 aromatic rings. The molecule has 34 heavy (non-hydrogen) atoms. The van der Waals surface area contributed by atoms with Crippen LogP contribution in [0.15, 0.2) is 48.5 Å². The van der Waals surface area contributed by atoms with E-state index in [9.17, 15) is 18.0 Å². The largest absolute Gasteiger partial charge is 0.352 e. The SMILES string of the molecule is CCc1ccccc1N(CC(=O)N(Cc1cccc(C)c1)[C@@H](CC)C(=O)NC(C)C)S(C)(=O)=O. The minimum Gasteiger partial charge on any atom is -0.352 e. The summed E-state index contributed by atoms with van der Waals surface area (Å²) >= 11 is 0. The average molecular weight is 488 g/mol. The average Bonchev–Trinajstić information content (AvgIpc) is 2.76. The monoisotopic (exact) mass is 487 g/mol. The predicted octanol–water partition coefficient (Wildman–Crippen LogP) is 3.66. The standard InChI is InChI=1S/C26H37N3O4S/c1-7-22-14-9-10-15-24(22)29(34(6,32)33)18-25(30)28(17-21-13-11-12-20(5)16-21)23(8-2)26(31)27-19(3)4/h9-16,19,23H,7-8,17-18H2,1-6H3,(H,27,31)/t23-/m0/s1. The predicted molar refractivity (Wildman–Crippen MR) is 137 cm³/mol. The van der Waals surface area contributed by atoms with Crippen LogP contribution in [-0.4, -0.2) is 50.0 Å². The molecule has 0 fully saturated rings. The van der Waals surface area contributed by atoms with E-state index in [1.807, 2.05) is 71.0 Å². The zero-order valence-corrected chi connectivity index (χ0v) is 21.9. The van der Waals surface area contributed by atoms with Crippen LogP contribution in [0.3, 0.4) is 0 Å². The van der Waals surface area contributed by atoms with Gasteiger partial charge in [-0.3, -0.25) is 13.9 Å². The number of amides is 2. The molecule has 2 amide bonds. The number of carbonyl (C=O) groups excluding carboxylic acids is 2. The Morgan fingerprint density at radius 3 is 2.26 bits per heavy atom. The van der Waals surface area contributed by atoms with Gasteiger partial charge in [-0.15, -0.1) is 0 Å². The Morgan fingerprint density at radius 2 is 1.71 bits per heavy atom. The van der Waals surface area contributed by atoms with Gasteiger partial charge < -0.3 is 10.2 Å². The molecule has 0 heterocycles. The summed E-state index contributed by atoms with van der Waals surface area (Å²) in [7, 11) is -3.75. The van der Waals surface area contributed by atoms with Gasteiger partial charge in [-0.2, -0.15) is 0 Å². The van der Waals surface area contributed by atoms with Crippen LogP contribution in [0, 0.1) is 6.92 Å². The van der Waals surface area contributed by atoms with E-state index in [2.05, 4.69) is 5.32 Å². The number of rotatable bonds is 11. The molecule has 0 saturated heterocycles. The van der Waals surface area contributed by atoms with Gasteiger partial charge >= 0.3 is 0 Å². The van der Waals surface area contributed by atoms with Crippen molar-refractivity contribution < 1.29 is 18.0 Å². The Morgan fingerprint density at radius 1 is 1.03 bits per heavy atom. The summed E-state index contributed by atoms with van der Waals surface area (Å²) in [5.74, 6) is -0.679. The van der Waals surface area contributed by atoms with Crippen molar-refractivity contribution in [2.24, 2.45) is 0 Å². The fourth-order valence-corrected chi connectivity index (χ4v) is 4.84. The van der Waals surface area contributed by atoms with Gasteiger partial charge in [-0.25, -0.2) is 8.42 Å². The molecular weight excluding hydrogens is 450 g/mol. The number of anilines is 1. The number of hydrogen-bond acceptors (Lipinski definition) is 4. The second kappa shape index (κ2) is 12.0. The molecular formula is C26H37N3O4S. The smallest absolute Gasteiger partial charge is 0.244 e. The van der Waals surface area contributed by atoms with Crippen molar-refractivity contribution in [1.82, 2.24) is 10.2 Å². The van der Waals surface area contributed by atoms with Crippen molar-refractivity contribution in [3.63, 3.8) is 0 Å². The third kappa shape index (κ3) is 7.32. The van der Waals surface area contributed by atoms with Gasteiger partial charge in [0.05, 0.1) is 11.9 Å². The minimum atomic E-state index is -3.75. The first-order valence-corrected chi connectivity index (χ1v) is 13.5. The van der Waals surface area contributed by atoms with Crippen LogP contribution in [0.1, 0.15) is 50.8 Å². The number of hydrogen-bond donors (Lipinski definition) is 1. The maximum absolute atomic E-state index is 13.7. The van der Waals surface area contributed by atoms with E-state index in [-0.39, 0.29) is 25.0 Å². The highest BCUT2D eigenvalue weighted by molar-refractivity contribution is 7.92. The zero-order chi connectivity index (χ0) is 25.5. The molecule has 0 bridgehead atoms. The van der Waals surface area contributed by atoms with Gasteiger partial charge in [0.15, 0.2) is 0 Å². The summed E-state index contributed by atoms with van der Waals surface area (Å²) in [6, 6.07) is 14.1. The van der Waals surface area contributed by atoms with Crippen LogP contribution < -0.4 is 9.62 Å². The molecule has 0 aromatic heterocycles. The van der Waals surface area contributed by atoms with Crippen LogP contribution in [0.25, 0.3) is 0 Å². The molecule has 186 valence electrons. The molecule has 0 unspecified atom stereocenters. The molecule has 0 aliphatic heterocycles. The second-order valence-corrected chi connectivity index (χ2v) is 10.8. The molecule has 1 N–H and O–H groups in total. The Kier molecular flexibility index (Phi) is 9.67. The number of carbonyl (C=O) groups is 2. The van der Waals surface area contributed by atoms with E-state index in [0.29, 0.717) is 18.5 Å². The number of benzene rings is 2. The first-order chi connectivity index (χ1) is 16.0. The van der Waals surface area contributed by atoms with Crippen molar-refractivity contribution in [2.75, 3.05) is 17.1 Å². The van der Waals surface area contributed by atoms with Gasteiger partial charge in [-0.05, 0) is 50.8 Å². The van der Waals surface area contributed by atoms with Gasteiger partial charge in [0.1, 0.15) is 12.6 Å². The molecule has 8 heteroatoms. The molecule has 0 radical (unpaired) electrons. The van der Waals surface area contributed by atoms with E-state index < -0.39 is 22.0 Å². The van der Waals surface area contributed by atoms with Crippen LogP contribution in [0.5, 0.6) is 0 Å². The number of aryl methyl sites for hydroxylation is 2. The van der Waals surface area contributed by atoms with Gasteiger partial charge in [0.2, 0.25) is 21.8 Å². The van der Waals surface area contributed by atoms with Crippen molar-refractivity contribution in [2.45, 2.75) is 66.1 Å². The van der Waals surface area contributed by atoms with Crippen LogP contribution in [0.4, 0.5) is 5.69 Å². The second-order valence-electron chi connectivity index (χ2n) is 8.85. The molecule has 0 aliphatic carbocycles. The first-order valence-electron chi connectivity index (χ1n) is 11.7. The highest BCUT2D eigenvalue weighted by Crippen LogP contribution is 2.24. The van der Waals surface area contributed by atoms with Gasteiger partial charge in [0.25, 0.3) is 0 Å². The van der Waals surface area contributed by atoms with Crippen molar-refractivity contribution in [3.05, 3.63) is 65.2 Å². The third-order valence-electron chi connectivity index (χ3n) is 5.57. The summed E-state index contributed by atoms with van der Waals surface area (Å²) in [5.41, 5.74) is 3.23. The van der Waals surface area contributed by atoms with Crippen molar-refractivity contribution >= 4 is 27.5 Å². The molecule has 0 aliphatic rings. The Hall–Kier alpha value is -2.87. The summed E-state index contributed by atoms with van der Waals surface area (Å²) in [6.45, 7) is 9.31. The van der Waals surface area contributed by atoms with Gasteiger partial charge in [0, 0.05) is 12.6 Å².